The minimum atomic E-state index is 0.529. The van der Waals surface area contributed by atoms with Gasteiger partial charge in [0.15, 0.2) is 0 Å². The van der Waals surface area contributed by atoms with Gasteiger partial charge in [-0.15, -0.1) is 0 Å². The molecular formula is C19H21N5. The fourth-order valence-corrected chi connectivity index (χ4v) is 2.32. The number of hydrogen-bond acceptors (Lipinski definition) is 5. The van der Waals surface area contributed by atoms with E-state index in [-0.39, 0.29) is 0 Å². The maximum absolute atomic E-state index is 4.27. The van der Waals surface area contributed by atoms with E-state index >= 15 is 0 Å². The molecule has 0 saturated heterocycles. The Kier molecular flexibility index (Phi) is 5.01. The van der Waals surface area contributed by atoms with E-state index in [0.29, 0.717) is 12.5 Å². The van der Waals surface area contributed by atoms with Gasteiger partial charge in [0.25, 0.3) is 0 Å². The Hall–Kier alpha value is -2.95. The van der Waals surface area contributed by atoms with Crippen molar-refractivity contribution in [3.63, 3.8) is 0 Å². The lowest BCUT2D eigenvalue weighted by Crippen LogP contribution is -2.03. The second-order valence-electron chi connectivity index (χ2n) is 5.91. The molecule has 0 fully saturated rings. The lowest BCUT2D eigenvalue weighted by molar-refractivity contribution is 0.867. The zero-order valence-corrected chi connectivity index (χ0v) is 13.9. The van der Waals surface area contributed by atoms with Crippen molar-refractivity contribution in [2.75, 3.05) is 10.6 Å². The lowest BCUT2D eigenvalue weighted by atomic mass is 10.0. The third-order valence-electron chi connectivity index (χ3n) is 3.71. The summed E-state index contributed by atoms with van der Waals surface area (Å²) in [5.74, 6) is 2.06. The van der Waals surface area contributed by atoms with Crippen LogP contribution in [0.4, 0.5) is 17.3 Å². The molecule has 0 aliphatic rings. The second kappa shape index (κ2) is 7.55. The highest BCUT2D eigenvalue weighted by molar-refractivity contribution is 5.59. The van der Waals surface area contributed by atoms with Crippen LogP contribution in [0, 0.1) is 0 Å². The van der Waals surface area contributed by atoms with E-state index < -0.39 is 0 Å². The molecule has 2 aromatic heterocycles. The SMILES string of the molecule is CC(C)c1ccc(Nc2cc(NCc3cccnc3)ncn2)cc1. The Morgan fingerprint density at radius 3 is 2.50 bits per heavy atom. The largest absolute Gasteiger partial charge is 0.366 e. The van der Waals surface area contributed by atoms with Crippen LogP contribution in [0.15, 0.2) is 61.2 Å². The van der Waals surface area contributed by atoms with Crippen LogP contribution in [0.2, 0.25) is 0 Å². The number of pyridine rings is 1. The van der Waals surface area contributed by atoms with Crippen molar-refractivity contribution >= 4 is 17.3 Å². The fraction of sp³-hybridized carbons (Fsp3) is 0.211. The normalized spacial score (nSPS) is 10.6. The summed E-state index contributed by atoms with van der Waals surface area (Å²) in [7, 11) is 0. The zero-order chi connectivity index (χ0) is 16.8. The lowest BCUT2D eigenvalue weighted by Gasteiger charge is -2.10. The standard InChI is InChI=1S/C19H21N5/c1-14(2)16-5-7-17(8-6-16)24-19-10-18(22-13-23-19)21-12-15-4-3-9-20-11-15/h3-11,13-14H,12H2,1-2H3,(H2,21,22,23,24). The van der Waals surface area contributed by atoms with Crippen LogP contribution >= 0.6 is 0 Å². The molecule has 0 unspecified atom stereocenters. The van der Waals surface area contributed by atoms with E-state index in [9.17, 15) is 0 Å². The van der Waals surface area contributed by atoms with Gasteiger partial charge in [0.2, 0.25) is 0 Å². The predicted molar refractivity (Wildman–Crippen MR) is 97.4 cm³/mol. The number of anilines is 3. The first-order valence-electron chi connectivity index (χ1n) is 8.02. The van der Waals surface area contributed by atoms with Crippen LogP contribution in [0.5, 0.6) is 0 Å². The monoisotopic (exact) mass is 319 g/mol. The summed E-state index contributed by atoms with van der Waals surface area (Å²) < 4.78 is 0. The maximum Gasteiger partial charge on any atom is 0.135 e. The molecule has 2 N–H and O–H groups in total. The number of benzene rings is 1. The predicted octanol–water partition coefficient (Wildman–Crippen LogP) is 4.35. The van der Waals surface area contributed by atoms with Crippen LogP contribution in [-0.4, -0.2) is 15.0 Å². The van der Waals surface area contributed by atoms with E-state index in [0.717, 1.165) is 22.9 Å². The maximum atomic E-state index is 4.27. The summed E-state index contributed by atoms with van der Waals surface area (Å²) in [6, 6.07) is 14.3. The van der Waals surface area contributed by atoms with Crippen molar-refractivity contribution in [3.05, 3.63) is 72.3 Å². The average molecular weight is 319 g/mol. The highest BCUT2D eigenvalue weighted by Crippen LogP contribution is 2.20. The smallest absolute Gasteiger partial charge is 0.135 e. The number of nitrogens with one attached hydrogen (secondary N) is 2. The Bertz CT molecular complexity index is 769. The van der Waals surface area contributed by atoms with Gasteiger partial charge in [0.1, 0.15) is 18.0 Å². The van der Waals surface area contributed by atoms with Crippen LogP contribution in [-0.2, 0) is 6.54 Å². The highest BCUT2D eigenvalue weighted by Gasteiger charge is 2.02. The summed E-state index contributed by atoms with van der Waals surface area (Å²) in [6.45, 7) is 5.05. The molecule has 0 amide bonds. The number of hydrogen-bond donors (Lipinski definition) is 2. The molecule has 3 aromatic rings. The minimum absolute atomic E-state index is 0.529. The molecule has 24 heavy (non-hydrogen) atoms. The number of nitrogens with zero attached hydrogens (tertiary/aromatic N) is 3. The van der Waals surface area contributed by atoms with Gasteiger partial charge >= 0.3 is 0 Å². The van der Waals surface area contributed by atoms with Crippen molar-refractivity contribution in [3.8, 4) is 0 Å². The van der Waals surface area contributed by atoms with E-state index in [1.165, 1.54) is 5.56 Å². The van der Waals surface area contributed by atoms with Crippen molar-refractivity contribution in [2.24, 2.45) is 0 Å². The third kappa shape index (κ3) is 4.29. The van der Waals surface area contributed by atoms with Gasteiger partial charge in [0, 0.05) is 30.7 Å². The Morgan fingerprint density at radius 1 is 1.00 bits per heavy atom. The molecule has 1 aromatic carbocycles. The van der Waals surface area contributed by atoms with Crippen molar-refractivity contribution in [1.82, 2.24) is 15.0 Å². The molecule has 0 radical (unpaired) electrons. The zero-order valence-electron chi connectivity index (χ0n) is 13.9. The third-order valence-corrected chi connectivity index (χ3v) is 3.71. The molecule has 3 rings (SSSR count). The Morgan fingerprint density at radius 2 is 1.79 bits per heavy atom. The van der Waals surface area contributed by atoms with Gasteiger partial charge in [-0.1, -0.05) is 32.0 Å². The molecule has 5 heteroatoms. The Labute approximate surface area is 142 Å². The Balaban J connectivity index is 1.64. The van der Waals surface area contributed by atoms with Gasteiger partial charge in [-0.25, -0.2) is 9.97 Å². The van der Waals surface area contributed by atoms with E-state index in [1.807, 2.05) is 24.4 Å². The average Bonchev–Trinajstić information content (AvgIpc) is 2.62. The summed E-state index contributed by atoms with van der Waals surface area (Å²) in [4.78, 5) is 12.6. The topological polar surface area (TPSA) is 62.7 Å². The molecule has 0 bridgehead atoms. The highest BCUT2D eigenvalue weighted by atomic mass is 15.1. The van der Waals surface area contributed by atoms with Crippen LogP contribution in [0.3, 0.4) is 0 Å². The molecule has 0 spiro atoms. The van der Waals surface area contributed by atoms with Crippen molar-refractivity contribution in [1.29, 1.82) is 0 Å². The first-order valence-corrected chi connectivity index (χ1v) is 8.02. The molecule has 122 valence electrons. The van der Waals surface area contributed by atoms with Crippen LogP contribution < -0.4 is 10.6 Å². The van der Waals surface area contributed by atoms with Gasteiger partial charge in [-0.2, -0.15) is 0 Å². The minimum Gasteiger partial charge on any atom is -0.366 e. The quantitative estimate of drug-likeness (QED) is 0.707. The van der Waals surface area contributed by atoms with Gasteiger partial charge in [-0.3, -0.25) is 4.98 Å². The summed E-state index contributed by atoms with van der Waals surface area (Å²) in [6.07, 6.45) is 5.15. The van der Waals surface area contributed by atoms with E-state index in [4.69, 9.17) is 0 Å². The number of aromatic nitrogens is 3. The van der Waals surface area contributed by atoms with Crippen molar-refractivity contribution < 1.29 is 0 Å². The summed E-state index contributed by atoms with van der Waals surface area (Å²) in [5.41, 5.74) is 3.44. The fourth-order valence-electron chi connectivity index (χ4n) is 2.32. The molecule has 0 aliphatic heterocycles. The molecule has 2 heterocycles. The molecule has 0 saturated carbocycles. The van der Waals surface area contributed by atoms with Gasteiger partial charge < -0.3 is 10.6 Å². The summed E-state index contributed by atoms with van der Waals surface area (Å²) >= 11 is 0. The molecular weight excluding hydrogens is 298 g/mol. The van der Waals surface area contributed by atoms with E-state index in [1.54, 1.807) is 12.5 Å². The molecule has 0 atom stereocenters. The van der Waals surface area contributed by atoms with Crippen molar-refractivity contribution in [2.45, 2.75) is 26.3 Å². The summed E-state index contributed by atoms with van der Waals surface area (Å²) in [5, 5.41) is 6.59. The van der Waals surface area contributed by atoms with Crippen LogP contribution in [0.1, 0.15) is 30.9 Å². The van der Waals surface area contributed by atoms with Gasteiger partial charge in [0.05, 0.1) is 0 Å². The first kappa shape index (κ1) is 15.9. The first-order chi connectivity index (χ1) is 11.7. The molecule has 5 nitrogen and oxygen atoms in total. The van der Waals surface area contributed by atoms with Crippen LogP contribution in [0.25, 0.3) is 0 Å². The second-order valence-corrected chi connectivity index (χ2v) is 5.91. The number of rotatable bonds is 6. The molecule has 0 aliphatic carbocycles. The van der Waals surface area contributed by atoms with E-state index in [2.05, 4.69) is 63.7 Å². The van der Waals surface area contributed by atoms with Gasteiger partial charge in [-0.05, 0) is 35.2 Å².